The highest BCUT2D eigenvalue weighted by molar-refractivity contribution is 6.31. The van der Waals surface area contributed by atoms with Gasteiger partial charge in [-0.15, -0.1) is 0 Å². The van der Waals surface area contributed by atoms with Crippen LogP contribution in [0.3, 0.4) is 0 Å². The Labute approximate surface area is 173 Å². The number of aromatic nitrogens is 2. The predicted octanol–water partition coefficient (Wildman–Crippen LogP) is 2.56. The second-order valence-electron chi connectivity index (χ2n) is 7.43. The minimum atomic E-state index is -0.426. The lowest BCUT2D eigenvalue weighted by molar-refractivity contribution is 0.0651. The van der Waals surface area contributed by atoms with Crippen molar-refractivity contribution in [2.45, 2.75) is 0 Å². The molecule has 0 bridgehead atoms. The van der Waals surface area contributed by atoms with Crippen LogP contribution in [-0.2, 0) is 0 Å². The van der Waals surface area contributed by atoms with E-state index in [-0.39, 0.29) is 16.7 Å². The molecule has 0 N–H and O–H groups in total. The largest absolute Gasteiger partial charge is 0.277 e. The summed E-state index contributed by atoms with van der Waals surface area (Å²) in [5.41, 5.74) is 1.83. The van der Waals surface area contributed by atoms with Gasteiger partial charge < -0.3 is 0 Å². The number of rotatable bonds is 0. The minimum absolute atomic E-state index is 0.153. The fourth-order valence-corrected chi connectivity index (χ4v) is 4.49. The van der Waals surface area contributed by atoms with Crippen LogP contribution in [0.15, 0.2) is 41.2 Å². The van der Waals surface area contributed by atoms with Crippen molar-refractivity contribution in [1.82, 2.24) is 14.3 Å². The Bertz CT molecular complexity index is 1810. The lowest BCUT2D eigenvalue weighted by Crippen LogP contribution is -2.37. The fraction of sp³-hybridized carbons (Fsp3) is 0.0435. The van der Waals surface area contributed by atoms with Crippen molar-refractivity contribution in [2.24, 2.45) is 0 Å². The van der Waals surface area contributed by atoms with E-state index < -0.39 is 11.8 Å². The summed E-state index contributed by atoms with van der Waals surface area (Å²) in [6, 6.07) is 13.4. The van der Waals surface area contributed by atoms with E-state index in [1.165, 1.54) is 23.6 Å². The summed E-state index contributed by atoms with van der Waals surface area (Å²) >= 11 is 0. The number of nitrogens with zero attached hydrogens (tertiary/aromatic N) is 5. The summed E-state index contributed by atoms with van der Waals surface area (Å²) in [7, 11) is 1.43. The van der Waals surface area contributed by atoms with E-state index in [1.807, 2.05) is 12.1 Å². The molecule has 5 aromatic rings. The number of hydrogen-bond donors (Lipinski definition) is 0. The summed E-state index contributed by atoms with van der Waals surface area (Å²) < 4.78 is 1.41. The van der Waals surface area contributed by atoms with Crippen molar-refractivity contribution in [3.63, 3.8) is 0 Å². The Morgan fingerprint density at radius 2 is 1.45 bits per heavy atom. The summed E-state index contributed by atoms with van der Waals surface area (Å²) in [6.45, 7) is 0. The maximum absolute atomic E-state index is 13.5. The Kier molecular flexibility index (Phi) is 2.98. The van der Waals surface area contributed by atoms with Gasteiger partial charge in [0, 0.05) is 39.7 Å². The number of amides is 2. The molecule has 0 atom stereocenters. The van der Waals surface area contributed by atoms with Crippen molar-refractivity contribution in [1.29, 1.82) is 10.5 Å². The lowest BCUT2D eigenvalue weighted by atomic mass is 9.90. The topological polar surface area (TPSA) is 119 Å². The number of pyridine rings is 1. The number of fused-ring (bicyclic) bond motifs is 4. The van der Waals surface area contributed by atoms with Crippen LogP contribution in [0.25, 0.3) is 38.2 Å². The Morgan fingerprint density at radius 1 is 0.839 bits per heavy atom. The normalized spacial score (nSPS) is 13.5. The molecule has 8 nitrogen and oxygen atoms in total. The molecular formula is C23H9N5O3. The molecule has 0 radical (unpaired) electrons. The number of hydrogen-bond acceptors (Lipinski definition) is 6. The van der Waals surface area contributed by atoms with Crippen LogP contribution in [0, 0.1) is 22.7 Å². The predicted molar refractivity (Wildman–Crippen MR) is 111 cm³/mol. The van der Waals surface area contributed by atoms with Gasteiger partial charge in [-0.05, 0) is 36.4 Å². The Hall–Kier alpha value is -4.82. The molecule has 31 heavy (non-hydrogen) atoms. The molecule has 2 aromatic heterocycles. The highest BCUT2D eigenvalue weighted by Crippen LogP contribution is 2.37. The van der Waals surface area contributed by atoms with Gasteiger partial charge in [0.2, 0.25) is 0 Å². The third-order valence-corrected chi connectivity index (χ3v) is 5.94. The second kappa shape index (κ2) is 5.41. The van der Waals surface area contributed by atoms with Crippen molar-refractivity contribution < 1.29 is 9.59 Å². The molecule has 0 aliphatic carbocycles. The first-order chi connectivity index (χ1) is 15.0. The molecule has 0 unspecified atom stereocenters. The van der Waals surface area contributed by atoms with Crippen molar-refractivity contribution in [2.75, 3.05) is 7.05 Å². The summed E-state index contributed by atoms with van der Waals surface area (Å²) in [6.07, 6.45) is 0. The first kappa shape index (κ1) is 17.1. The zero-order chi connectivity index (χ0) is 21.6. The van der Waals surface area contributed by atoms with E-state index in [4.69, 9.17) is 0 Å². The molecule has 1 aliphatic rings. The van der Waals surface area contributed by atoms with E-state index in [0.717, 1.165) is 4.90 Å². The quantitative estimate of drug-likeness (QED) is 0.367. The van der Waals surface area contributed by atoms with Gasteiger partial charge in [0.1, 0.15) is 17.8 Å². The molecule has 6 rings (SSSR count). The number of carbonyl (C=O) groups is 2. The van der Waals surface area contributed by atoms with E-state index in [2.05, 4.69) is 4.98 Å². The van der Waals surface area contributed by atoms with E-state index >= 15 is 0 Å². The molecule has 0 fully saturated rings. The summed E-state index contributed by atoms with van der Waals surface area (Å²) in [5, 5.41) is 20.6. The van der Waals surface area contributed by atoms with Crippen molar-refractivity contribution in [3.05, 3.63) is 69.0 Å². The molecule has 8 heteroatoms. The SMILES string of the molecule is CN1C(=O)c2ccc3c(=O)n4c5cc(C#N)c(C#N)cc5nc4c4ccc(c2c34)C1=O. The van der Waals surface area contributed by atoms with Crippen LogP contribution in [0.4, 0.5) is 0 Å². The lowest BCUT2D eigenvalue weighted by Gasteiger charge is -2.24. The monoisotopic (exact) mass is 403 g/mol. The van der Waals surface area contributed by atoms with Crippen LogP contribution in [0.1, 0.15) is 31.8 Å². The third-order valence-electron chi connectivity index (χ3n) is 5.94. The van der Waals surface area contributed by atoms with Crippen LogP contribution in [0.5, 0.6) is 0 Å². The van der Waals surface area contributed by atoms with Crippen LogP contribution in [-0.4, -0.2) is 33.1 Å². The van der Waals surface area contributed by atoms with Crippen LogP contribution >= 0.6 is 0 Å². The molecule has 0 saturated carbocycles. The molecule has 3 aromatic carbocycles. The zero-order valence-corrected chi connectivity index (χ0v) is 15.9. The first-order valence-corrected chi connectivity index (χ1v) is 9.30. The van der Waals surface area contributed by atoms with E-state index in [0.29, 0.717) is 49.4 Å². The number of carbonyl (C=O) groups excluding carboxylic acids is 2. The summed E-state index contributed by atoms with van der Waals surface area (Å²) in [4.78, 5) is 44.5. The van der Waals surface area contributed by atoms with Gasteiger partial charge >= 0.3 is 0 Å². The molecule has 0 spiro atoms. The van der Waals surface area contributed by atoms with E-state index in [9.17, 15) is 24.9 Å². The van der Waals surface area contributed by atoms with Gasteiger partial charge in [0.15, 0.2) is 0 Å². The van der Waals surface area contributed by atoms with Gasteiger partial charge in [-0.3, -0.25) is 23.7 Å². The number of imide groups is 1. The van der Waals surface area contributed by atoms with Gasteiger partial charge in [-0.1, -0.05) is 0 Å². The average Bonchev–Trinajstić information content (AvgIpc) is 3.17. The van der Waals surface area contributed by atoms with Gasteiger partial charge in [0.25, 0.3) is 17.4 Å². The average molecular weight is 403 g/mol. The number of nitriles is 2. The third kappa shape index (κ3) is 1.86. The first-order valence-electron chi connectivity index (χ1n) is 9.30. The highest BCUT2D eigenvalue weighted by atomic mass is 16.2. The molecule has 3 heterocycles. The molecule has 2 amide bonds. The highest BCUT2D eigenvalue weighted by Gasteiger charge is 2.32. The standard InChI is InChI=1S/C23H9N5O3/c1-27-21(29)13-3-2-12-18-15(5-4-14(19(13)18)22(27)30)23(31)28-17-7-11(9-25)10(8-24)6-16(17)26-20(12)28/h2-7H,1H3. The Morgan fingerprint density at radius 3 is 2.10 bits per heavy atom. The van der Waals surface area contributed by atoms with Crippen LogP contribution in [0.2, 0.25) is 0 Å². The maximum Gasteiger partial charge on any atom is 0.264 e. The Balaban J connectivity index is 1.90. The van der Waals surface area contributed by atoms with Gasteiger partial charge in [-0.25, -0.2) is 4.98 Å². The van der Waals surface area contributed by atoms with E-state index in [1.54, 1.807) is 24.3 Å². The second-order valence-corrected chi connectivity index (χ2v) is 7.43. The van der Waals surface area contributed by atoms with Gasteiger partial charge in [0.05, 0.1) is 22.2 Å². The van der Waals surface area contributed by atoms with Crippen molar-refractivity contribution >= 4 is 50.0 Å². The molecule has 144 valence electrons. The summed E-state index contributed by atoms with van der Waals surface area (Å²) in [5.74, 6) is -0.852. The molecule has 0 saturated heterocycles. The van der Waals surface area contributed by atoms with Gasteiger partial charge in [-0.2, -0.15) is 10.5 Å². The molecule has 1 aliphatic heterocycles. The zero-order valence-electron chi connectivity index (χ0n) is 15.9. The maximum atomic E-state index is 13.5. The van der Waals surface area contributed by atoms with Crippen LogP contribution < -0.4 is 5.56 Å². The smallest absolute Gasteiger partial charge is 0.264 e. The minimum Gasteiger partial charge on any atom is -0.277 e. The number of imidazole rings is 1. The van der Waals surface area contributed by atoms with Crippen molar-refractivity contribution in [3.8, 4) is 12.1 Å². The number of benzene rings is 3. The molecular weight excluding hydrogens is 394 g/mol. The fourth-order valence-electron chi connectivity index (χ4n) is 4.49.